The second kappa shape index (κ2) is 8.71. The minimum absolute atomic E-state index is 0.387. The molecular formula is C24H34N4. The van der Waals surface area contributed by atoms with Crippen LogP contribution in [0.3, 0.4) is 0 Å². The minimum atomic E-state index is 0.387. The van der Waals surface area contributed by atoms with Gasteiger partial charge in [-0.3, -0.25) is 9.80 Å². The van der Waals surface area contributed by atoms with Gasteiger partial charge in [-0.25, -0.2) is 9.97 Å². The summed E-state index contributed by atoms with van der Waals surface area (Å²) in [5, 5.41) is 0. The summed E-state index contributed by atoms with van der Waals surface area (Å²) < 4.78 is 0. The van der Waals surface area contributed by atoms with Gasteiger partial charge in [0.05, 0.1) is 5.69 Å². The first-order valence-corrected chi connectivity index (χ1v) is 10.9. The third-order valence-electron chi connectivity index (χ3n) is 6.36. The SMILES string of the molecule is CC(C)c1nccc(CN2CCC[C@]3(CCCN(Cc4ccccc4)C3)C2)n1. The molecule has 2 aliphatic rings. The summed E-state index contributed by atoms with van der Waals surface area (Å²) in [4.78, 5) is 14.6. The van der Waals surface area contributed by atoms with Crippen molar-refractivity contribution in [1.82, 2.24) is 19.8 Å². The summed E-state index contributed by atoms with van der Waals surface area (Å²) >= 11 is 0. The first-order valence-electron chi connectivity index (χ1n) is 10.9. The fourth-order valence-electron chi connectivity index (χ4n) is 5.07. The van der Waals surface area contributed by atoms with Crippen LogP contribution in [0.1, 0.15) is 62.5 Å². The van der Waals surface area contributed by atoms with E-state index < -0.39 is 0 Å². The Morgan fingerprint density at radius 3 is 2.29 bits per heavy atom. The number of hydrogen-bond donors (Lipinski definition) is 0. The van der Waals surface area contributed by atoms with Crippen LogP contribution in [0.25, 0.3) is 0 Å². The molecular weight excluding hydrogens is 344 g/mol. The normalized spacial score (nSPS) is 24.1. The van der Waals surface area contributed by atoms with Crippen molar-refractivity contribution in [3.63, 3.8) is 0 Å². The molecule has 1 spiro atoms. The van der Waals surface area contributed by atoms with Crippen LogP contribution in [0.15, 0.2) is 42.6 Å². The van der Waals surface area contributed by atoms with Gasteiger partial charge in [0, 0.05) is 38.3 Å². The average Bonchev–Trinajstić information content (AvgIpc) is 2.69. The monoisotopic (exact) mass is 378 g/mol. The molecule has 0 radical (unpaired) electrons. The maximum Gasteiger partial charge on any atom is 0.131 e. The van der Waals surface area contributed by atoms with Gasteiger partial charge in [0.1, 0.15) is 5.82 Å². The molecule has 4 rings (SSSR count). The van der Waals surface area contributed by atoms with E-state index in [2.05, 4.69) is 65.0 Å². The molecule has 0 amide bonds. The number of piperidine rings is 2. The van der Waals surface area contributed by atoms with Crippen LogP contribution in [-0.4, -0.2) is 45.9 Å². The zero-order chi connectivity index (χ0) is 19.4. The van der Waals surface area contributed by atoms with Crippen molar-refractivity contribution >= 4 is 0 Å². The summed E-state index contributed by atoms with van der Waals surface area (Å²) in [6.45, 7) is 11.3. The Labute approximate surface area is 170 Å². The molecule has 1 aromatic carbocycles. The number of benzene rings is 1. The van der Waals surface area contributed by atoms with Gasteiger partial charge in [0.2, 0.25) is 0 Å². The maximum absolute atomic E-state index is 4.81. The summed E-state index contributed by atoms with van der Waals surface area (Å²) in [5.74, 6) is 1.36. The lowest BCUT2D eigenvalue weighted by Crippen LogP contribution is -2.51. The van der Waals surface area contributed by atoms with Gasteiger partial charge in [-0.2, -0.15) is 0 Å². The molecule has 150 valence electrons. The van der Waals surface area contributed by atoms with Crippen LogP contribution in [-0.2, 0) is 13.1 Å². The van der Waals surface area contributed by atoms with Crippen molar-refractivity contribution in [2.45, 2.75) is 58.5 Å². The van der Waals surface area contributed by atoms with E-state index >= 15 is 0 Å². The van der Waals surface area contributed by atoms with Crippen LogP contribution >= 0.6 is 0 Å². The van der Waals surface area contributed by atoms with Gasteiger partial charge in [0.15, 0.2) is 0 Å². The third kappa shape index (κ3) is 4.79. The molecule has 1 atom stereocenters. The van der Waals surface area contributed by atoms with Crippen LogP contribution in [0.2, 0.25) is 0 Å². The lowest BCUT2D eigenvalue weighted by molar-refractivity contribution is 0.00733. The molecule has 0 bridgehead atoms. The highest BCUT2D eigenvalue weighted by Gasteiger charge is 2.39. The molecule has 0 aliphatic carbocycles. The first kappa shape index (κ1) is 19.5. The molecule has 28 heavy (non-hydrogen) atoms. The van der Waals surface area contributed by atoms with Gasteiger partial charge in [-0.05, 0) is 55.8 Å². The van der Waals surface area contributed by atoms with Gasteiger partial charge >= 0.3 is 0 Å². The average molecular weight is 379 g/mol. The maximum atomic E-state index is 4.81. The summed E-state index contributed by atoms with van der Waals surface area (Å²) in [6, 6.07) is 13.0. The number of rotatable bonds is 5. The van der Waals surface area contributed by atoms with Gasteiger partial charge < -0.3 is 0 Å². The van der Waals surface area contributed by atoms with Crippen molar-refractivity contribution in [3.8, 4) is 0 Å². The van der Waals surface area contributed by atoms with E-state index in [0.717, 1.165) is 18.9 Å². The quantitative estimate of drug-likeness (QED) is 0.768. The fourth-order valence-corrected chi connectivity index (χ4v) is 5.07. The molecule has 2 saturated heterocycles. The van der Waals surface area contributed by atoms with E-state index in [-0.39, 0.29) is 0 Å². The Balaban J connectivity index is 1.40. The molecule has 4 heteroatoms. The Morgan fingerprint density at radius 1 is 0.929 bits per heavy atom. The molecule has 3 heterocycles. The molecule has 2 aromatic rings. The van der Waals surface area contributed by atoms with Gasteiger partial charge in [0.25, 0.3) is 0 Å². The predicted octanol–water partition coefficient (Wildman–Crippen LogP) is 4.48. The molecule has 1 aromatic heterocycles. The molecule has 4 nitrogen and oxygen atoms in total. The summed E-state index contributed by atoms with van der Waals surface area (Å²) in [7, 11) is 0. The Bertz CT molecular complexity index is 756. The number of nitrogens with zero attached hydrogens (tertiary/aromatic N) is 4. The fraction of sp³-hybridized carbons (Fsp3) is 0.583. The number of aromatic nitrogens is 2. The number of hydrogen-bond acceptors (Lipinski definition) is 4. The van der Waals surface area contributed by atoms with Crippen LogP contribution in [0.4, 0.5) is 0 Å². The Morgan fingerprint density at radius 2 is 1.61 bits per heavy atom. The molecule has 0 saturated carbocycles. The Hall–Kier alpha value is -1.78. The highest BCUT2D eigenvalue weighted by Crippen LogP contribution is 2.39. The van der Waals surface area contributed by atoms with Crippen LogP contribution in [0, 0.1) is 5.41 Å². The van der Waals surface area contributed by atoms with E-state index in [0.29, 0.717) is 11.3 Å². The van der Waals surface area contributed by atoms with Gasteiger partial charge in [-0.15, -0.1) is 0 Å². The summed E-state index contributed by atoms with van der Waals surface area (Å²) in [5.41, 5.74) is 3.07. The van der Waals surface area contributed by atoms with Crippen LogP contribution in [0.5, 0.6) is 0 Å². The van der Waals surface area contributed by atoms with E-state index in [1.807, 2.05) is 6.20 Å². The van der Waals surface area contributed by atoms with E-state index in [1.165, 1.54) is 63.1 Å². The number of likely N-dealkylation sites (tertiary alicyclic amines) is 2. The summed E-state index contributed by atoms with van der Waals surface area (Å²) in [6.07, 6.45) is 7.30. The van der Waals surface area contributed by atoms with Crippen LogP contribution < -0.4 is 0 Å². The van der Waals surface area contributed by atoms with Crippen molar-refractivity contribution < 1.29 is 0 Å². The zero-order valence-corrected chi connectivity index (χ0v) is 17.5. The molecule has 2 aliphatic heterocycles. The van der Waals surface area contributed by atoms with E-state index in [1.54, 1.807) is 0 Å². The second-order valence-electron chi connectivity index (χ2n) is 9.17. The first-order chi connectivity index (χ1) is 13.6. The van der Waals surface area contributed by atoms with Crippen molar-refractivity contribution in [1.29, 1.82) is 0 Å². The highest BCUT2D eigenvalue weighted by molar-refractivity contribution is 5.15. The van der Waals surface area contributed by atoms with E-state index in [9.17, 15) is 0 Å². The Kier molecular flexibility index (Phi) is 6.07. The standard InChI is InChI=1S/C24H34N4/c1-20(2)23-25-13-10-22(26-23)17-28-15-7-12-24(19-28)11-6-14-27(18-24)16-21-8-4-3-5-9-21/h3-5,8-10,13,20H,6-7,11-12,14-19H2,1-2H3/t24-/m0/s1. The smallest absolute Gasteiger partial charge is 0.131 e. The van der Waals surface area contributed by atoms with Crippen molar-refractivity contribution in [2.75, 3.05) is 26.2 Å². The van der Waals surface area contributed by atoms with Gasteiger partial charge in [-0.1, -0.05) is 44.2 Å². The van der Waals surface area contributed by atoms with Crippen molar-refractivity contribution in [2.24, 2.45) is 5.41 Å². The molecule has 0 N–H and O–H groups in total. The topological polar surface area (TPSA) is 32.3 Å². The van der Waals surface area contributed by atoms with Crippen molar-refractivity contribution in [3.05, 3.63) is 59.7 Å². The van der Waals surface area contributed by atoms with E-state index in [4.69, 9.17) is 4.98 Å². The molecule has 0 unspecified atom stereocenters. The molecule has 2 fully saturated rings. The predicted molar refractivity (Wildman–Crippen MR) is 114 cm³/mol. The third-order valence-corrected chi connectivity index (χ3v) is 6.36. The second-order valence-corrected chi connectivity index (χ2v) is 9.17. The zero-order valence-electron chi connectivity index (χ0n) is 17.5. The highest BCUT2D eigenvalue weighted by atomic mass is 15.2. The lowest BCUT2D eigenvalue weighted by Gasteiger charge is -2.48. The minimum Gasteiger partial charge on any atom is -0.298 e. The largest absolute Gasteiger partial charge is 0.298 e. The lowest BCUT2D eigenvalue weighted by atomic mass is 9.73.